The molecule has 1 aromatic heterocycles. The van der Waals surface area contributed by atoms with E-state index in [1.165, 1.54) is 32.2 Å². The zero-order valence-corrected chi connectivity index (χ0v) is 16.9. The first-order chi connectivity index (χ1) is 12.7. The third-order valence-corrected chi connectivity index (χ3v) is 6.03. The second-order valence-electron chi connectivity index (χ2n) is 5.49. The summed E-state index contributed by atoms with van der Waals surface area (Å²) >= 11 is 0.992. The SMILES string of the molecule is CCOC(=O)c1sc(NS(=O)(=O)c2ccc(OC)c(NC(C)=O)c2)cc1C. The van der Waals surface area contributed by atoms with Crippen LogP contribution in [0.25, 0.3) is 0 Å². The van der Waals surface area contributed by atoms with Gasteiger partial charge in [0.2, 0.25) is 5.91 Å². The van der Waals surface area contributed by atoms with Gasteiger partial charge >= 0.3 is 5.97 Å². The fraction of sp³-hybridized carbons (Fsp3) is 0.294. The molecule has 0 atom stereocenters. The number of amides is 1. The van der Waals surface area contributed by atoms with Crippen LogP contribution in [0.4, 0.5) is 10.7 Å². The van der Waals surface area contributed by atoms with Gasteiger partial charge < -0.3 is 14.8 Å². The minimum atomic E-state index is -3.94. The first kappa shape index (κ1) is 20.7. The minimum Gasteiger partial charge on any atom is -0.495 e. The van der Waals surface area contributed by atoms with Crippen molar-refractivity contribution in [1.29, 1.82) is 0 Å². The third kappa shape index (κ3) is 4.98. The number of ether oxygens (including phenoxy) is 2. The van der Waals surface area contributed by atoms with Crippen LogP contribution in [0.5, 0.6) is 5.75 Å². The molecule has 0 aliphatic heterocycles. The summed E-state index contributed by atoms with van der Waals surface area (Å²) in [6.45, 7) is 4.93. The fourth-order valence-corrected chi connectivity index (χ4v) is 4.54. The maximum Gasteiger partial charge on any atom is 0.348 e. The molecule has 0 saturated carbocycles. The van der Waals surface area contributed by atoms with Gasteiger partial charge in [0.05, 0.1) is 24.3 Å². The van der Waals surface area contributed by atoms with Gasteiger partial charge in [-0.1, -0.05) is 0 Å². The van der Waals surface area contributed by atoms with Crippen molar-refractivity contribution in [1.82, 2.24) is 0 Å². The Morgan fingerprint density at radius 1 is 1.22 bits per heavy atom. The number of methoxy groups -OCH3 is 1. The molecule has 2 N–H and O–H groups in total. The van der Waals surface area contributed by atoms with Crippen LogP contribution in [0.15, 0.2) is 29.2 Å². The Balaban J connectivity index is 2.33. The van der Waals surface area contributed by atoms with Crippen LogP contribution < -0.4 is 14.8 Å². The lowest BCUT2D eigenvalue weighted by molar-refractivity contribution is -0.114. The summed E-state index contributed by atoms with van der Waals surface area (Å²) in [6, 6.07) is 5.67. The van der Waals surface area contributed by atoms with E-state index in [2.05, 4.69) is 10.0 Å². The number of sulfonamides is 1. The van der Waals surface area contributed by atoms with Crippen molar-refractivity contribution in [2.24, 2.45) is 0 Å². The second kappa shape index (κ2) is 8.40. The summed E-state index contributed by atoms with van der Waals surface area (Å²) in [4.78, 5) is 23.5. The molecule has 8 nitrogen and oxygen atoms in total. The zero-order valence-electron chi connectivity index (χ0n) is 15.3. The van der Waals surface area contributed by atoms with E-state index in [0.29, 0.717) is 16.2 Å². The number of thiophene rings is 1. The van der Waals surface area contributed by atoms with Gasteiger partial charge in [-0.25, -0.2) is 13.2 Å². The third-order valence-electron chi connectivity index (χ3n) is 3.41. The summed E-state index contributed by atoms with van der Waals surface area (Å²) in [6.07, 6.45) is 0. The van der Waals surface area contributed by atoms with Crippen molar-refractivity contribution in [2.45, 2.75) is 25.7 Å². The number of hydrogen-bond acceptors (Lipinski definition) is 7. The maximum absolute atomic E-state index is 12.7. The summed E-state index contributed by atoms with van der Waals surface area (Å²) in [5.41, 5.74) is 0.854. The zero-order chi connectivity index (χ0) is 20.2. The minimum absolute atomic E-state index is 0.0595. The molecule has 0 fully saturated rings. The van der Waals surface area contributed by atoms with Gasteiger partial charge in [0.25, 0.3) is 10.0 Å². The Labute approximate surface area is 161 Å². The molecule has 2 rings (SSSR count). The molecule has 146 valence electrons. The molecule has 0 saturated heterocycles. The van der Waals surface area contributed by atoms with E-state index < -0.39 is 16.0 Å². The van der Waals surface area contributed by atoms with Crippen molar-refractivity contribution in [3.8, 4) is 5.75 Å². The molecule has 1 heterocycles. The number of carbonyl (C=O) groups excluding carboxylic acids is 2. The van der Waals surface area contributed by atoms with E-state index in [-0.39, 0.29) is 28.1 Å². The van der Waals surface area contributed by atoms with Gasteiger partial charge in [-0.15, -0.1) is 11.3 Å². The first-order valence-electron chi connectivity index (χ1n) is 7.94. The Morgan fingerprint density at radius 3 is 2.52 bits per heavy atom. The average molecular weight is 412 g/mol. The number of carbonyl (C=O) groups is 2. The van der Waals surface area contributed by atoms with Crippen LogP contribution in [0, 0.1) is 6.92 Å². The highest BCUT2D eigenvalue weighted by molar-refractivity contribution is 7.93. The highest BCUT2D eigenvalue weighted by Crippen LogP contribution is 2.31. The standard InChI is InChI=1S/C17H20N2O6S2/c1-5-25-17(21)16-10(2)8-15(26-16)19-27(22,23)12-6-7-14(24-4)13(9-12)18-11(3)20/h6-9,19H,5H2,1-4H3,(H,18,20). The van der Waals surface area contributed by atoms with Gasteiger partial charge in [0.15, 0.2) is 0 Å². The first-order valence-corrected chi connectivity index (χ1v) is 10.2. The fourth-order valence-electron chi connectivity index (χ4n) is 2.26. The summed E-state index contributed by atoms with van der Waals surface area (Å²) < 4.78 is 37.9. The Bertz CT molecular complexity index is 966. The molecular formula is C17H20N2O6S2. The Morgan fingerprint density at radius 2 is 1.93 bits per heavy atom. The van der Waals surface area contributed by atoms with Gasteiger partial charge in [-0.3, -0.25) is 9.52 Å². The molecule has 0 aliphatic carbocycles. The number of aryl methyl sites for hydroxylation is 1. The quantitative estimate of drug-likeness (QED) is 0.677. The maximum atomic E-state index is 12.7. The predicted octanol–water partition coefficient (Wildman–Crippen LogP) is 3.00. The highest BCUT2D eigenvalue weighted by Gasteiger charge is 2.21. The van der Waals surface area contributed by atoms with Crippen LogP contribution in [-0.4, -0.2) is 34.0 Å². The van der Waals surface area contributed by atoms with Gasteiger partial charge in [-0.2, -0.15) is 0 Å². The topological polar surface area (TPSA) is 111 Å². The molecule has 0 radical (unpaired) electrons. The van der Waals surface area contributed by atoms with E-state index >= 15 is 0 Å². The predicted molar refractivity (Wildman–Crippen MR) is 103 cm³/mol. The molecule has 10 heteroatoms. The number of anilines is 2. The molecule has 1 amide bonds. The van der Waals surface area contributed by atoms with Gasteiger partial charge in [-0.05, 0) is 43.7 Å². The lowest BCUT2D eigenvalue weighted by Gasteiger charge is -2.12. The summed E-state index contributed by atoms with van der Waals surface area (Å²) in [5, 5.41) is 2.81. The van der Waals surface area contributed by atoms with Crippen LogP contribution >= 0.6 is 11.3 Å². The number of benzene rings is 1. The number of nitrogens with one attached hydrogen (secondary N) is 2. The summed E-state index contributed by atoms with van der Waals surface area (Å²) in [7, 11) is -2.52. The van der Waals surface area contributed by atoms with Crippen LogP contribution in [0.2, 0.25) is 0 Å². The number of hydrogen-bond donors (Lipinski definition) is 2. The van der Waals surface area contributed by atoms with E-state index in [9.17, 15) is 18.0 Å². The monoisotopic (exact) mass is 412 g/mol. The van der Waals surface area contributed by atoms with Crippen LogP contribution in [0.3, 0.4) is 0 Å². The van der Waals surface area contributed by atoms with Crippen molar-refractivity contribution in [3.63, 3.8) is 0 Å². The highest BCUT2D eigenvalue weighted by atomic mass is 32.2. The second-order valence-corrected chi connectivity index (χ2v) is 8.23. The van der Waals surface area contributed by atoms with Crippen molar-refractivity contribution in [3.05, 3.63) is 34.7 Å². The molecular weight excluding hydrogens is 392 g/mol. The lowest BCUT2D eigenvalue weighted by atomic mass is 10.3. The van der Waals surface area contributed by atoms with Gasteiger partial charge in [0.1, 0.15) is 15.6 Å². The molecule has 0 bridgehead atoms. The molecule has 1 aromatic carbocycles. The summed E-state index contributed by atoms with van der Waals surface area (Å²) in [5.74, 6) is -0.521. The van der Waals surface area contributed by atoms with E-state index in [0.717, 1.165) is 11.3 Å². The van der Waals surface area contributed by atoms with Crippen molar-refractivity contribution >= 4 is 43.9 Å². The Hall–Kier alpha value is -2.59. The Kier molecular flexibility index (Phi) is 6.45. The number of rotatable bonds is 7. The lowest BCUT2D eigenvalue weighted by Crippen LogP contribution is -2.13. The van der Waals surface area contributed by atoms with Crippen LogP contribution in [0.1, 0.15) is 29.1 Å². The number of esters is 1. The smallest absolute Gasteiger partial charge is 0.348 e. The van der Waals surface area contributed by atoms with E-state index in [1.807, 2.05) is 0 Å². The van der Waals surface area contributed by atoms with Crippen molar-refractivity contribution in [2.75, 3.05) is 23.8 Å². The largest absolute Gasteiger partial charge is 0.495 e. The van der Waals surface area contributed by atoms with E-state index in [4.69, 9.17) is 9.47 Å². The molecule has 2 aromatic rings. The molecule has 0 unspecified atom stereocenters. The molecule has 0 spiro atoms. The normalized spacial score (nSPS) is 11.0. The van der Waals surface area contributed by atoms with Crippen LogP contribution in [-0.2, 0) is 19.6 Å². The van der Waals surface area contributed by atoms with Gasteiger partial charge in [0, 0.05) is 6.92 Å². The average Bonchev–Trinajstić information content (AvgIpc) is 2.94. The van der Waals surface area contributed by atoms with Crippen molar-refractivity contribution < 1.29 is 27.5 Å². The van der Waals surface area contributed by atoms with E-state index in [1.54, 1.807) is 19.9 Å². The molecule has 0 aliphatic rings. The molecule has 27 heavy (non-hydrogen) atoms.